The molecule has 1 aromatic heterocycles. The lowest BCUT2D eigenvalue weighted by molar-refractivity contribution is -0.143. The van der Waals surface area contributed by atoms with Crippen molar-refractivity contribution in [3.05, 3.63) is 36.0 Å². The van der Waals surface area contributed by atoms with Crippen LogP contribution >= 0.6 is 0 Å². The molecule has 2 atom stereocenters. The van der Waals surface area contributed by atoms with Gasteiger partial charge in [0.25, 0.3) is 5.91 Å². The Balaban J connectivity index is 1.80. The third-order valence-corrected chi connectivity index (χ3v) is 4.29. The first-order chi connectivity index (χ1) is 10.1. The van der Waals surface area contributed by atoms with E-state index in [1.807, 2.05) is 37.4 Å². The first-order valence-corrected chi connectivity index (χ1v) is 7.17. The molecule has 110 valence electrons. The Morgan fingerprint density at radius 3 is 2.86 bits per heavy atom. The van der Waals surface area contributed by atoms with Gasteiger partial charge >= 0.3 is 5.97 Å². The summed E-state index contributed by atoms with van der Waals surface area (Å²) in [4.78, 5) is 28.6. The molecule has 0 saturated carbocycles. The summed E-state index contributed by atoms with van der Waals surface area (Å²) in [6.07, 6.45) is 2.89. The van der Waals surface area contributed by atoms with Gasteiger partial charge in [-0.15, -0.1) is 0 Å². The van der Waals surface area contributed by atoms with Crippen molar-refractivity contribution in [2.45, 2.75) is 25.8 Å². The Labute approximate surface area is 122 Å². The minimum Gasteiger partial charge on any atom is -0.481 e. The minimum atomic E-state index is -0.761. The predicted octanol–water partition coefficient (Wildman–Crippen LogP) is 2.49. The molecule has 2 heterocycles. The van der Waals surface area contributed by atoms with E-state index in [0.29, 0.717) is 24.9 Å². The van der Waals surface area contributed by atoms with E-state index in [-0.39, 0.29) is 17.9 Å². The predicted molar refractivity (Wildman–Crippen MR) is 79.2 cm³/mol. The summed E-state index contributed by atoms with van der Waals surface area (Å²) >= 11 is 0. The van der Waals surface area contributed by atoms with Crippen molar-refractivity contribution in [3.8, 4) is 0 Å². The molecule has 0 aliphatic carbocycles. The fourth-order valence-electron chi connectivity index (χ4n) is 3.05. The van der Waals surface area contributed by atoms with E-state index in [9.17, 15) is 9.59 Å². The molecule has 5 nitrogen and oxygen atoms in total. The molecule has 1 saturated heterocycles. The van der Waals surface area contributed by atoms with Gasteiger partial charge in [0.05, 0.1) is 5.92 Å². The molecule has 0 spiro atoms. The van der Waals surface area contributed by atoms with E-state index >= 15 is 0 Å². The number of hydrogen-bond acceptors (Lipinski definition) is 2. The van der Waals surface area contributed by atoms with E-state index in [1.54, 1.807) is 4.90 Å². The number of nitrogens with zero attached hydrogens (tertiary/aromatic N) is 1. The lowest BCUT2D eigenvalue weighted by atomic mass is 9.91. The van der Waals surface area contributed by atoms with Crippen molar-refractivity contribution in [2.24, 2.45) is 5.92 Å². The average molecular weight is 286 g/mol. The van der Waals surface area contributed by atoms with Crippen LogP contribution in [-0.2, 0) is 4.79 Å². The zero-order valence-corrected chi connectivity index (χ0v) is 11.9. The number of carboxylic acid groups (broad SMARTS) is 1. The van der Waals surface area contributed by atoms with Crippen molar-refractivity contribution in [3.63, 3.8) is 0 Å². The maximum absolute atomic E-state index is 12.6. The number of benzene rings is 1. The van der Waals surface area contributed by atoms with Crippen LogP contribution in [0.2, 0.25) is 0 Å². The Hall–Kier alpha value is -2.30. The number of amides is 1. The molecular weight excluding hydrogens is 268 g/mol. The number of rotatable bonds is 2. The van der Waals surface area contributed by atoms with Gasteiger partial charge < -0.3 is 15.0 Å². The Morgan fingerprint density at radius 1 is 1.33 bits per heavy atom. The third kappa shape index (κ3) is 2.51. The normalized spacial score (nSPS) is 22.4. The first kappa shape index (κ1) is 13.7. The van der Waals surface area contributed by atoms with Crippen molar-refractivity contribution in [1.29, 1.82) is 0 Å². The van der Waals surface area contributed by atoms with Gasteiger partial charge in [-0.1, -0.05) is 0 Å². The Kier molecular flexibility index (Phi) is 3.41. The van der Waals surface area contributed by atoms with Crippen LogP contribution in [0.4, 0.5) is 0 Å². The number of hydrogen-bond donors (Lipinski definition) is 2. The highest BCUT2D eigenvalue weighted by Crippen LogP contribution is 2.25. The van der Waals surface area contributed by atoms with Crippen LogP contribution in [0.25, 0.3) is 10.9 Å². The van der Waals surface area contributed by atoms with Crippen LogP contribution < -0.4 is 0 Å². The zero-order valence-electron chi connectivity index (χ0n) is 11.9. The number of fused-ring (bicyclic) bond motifs is 1. The quantitative estimate of drug-likeness (QED) is 0.890. The van der Waals surface area contributed by atoms with Crippen LogP contribution in [0, 0.1) is 5.92 Å². The van der Waals surface area contributed by atoms with E-state index in [2.05, 4.69) is 4.98 Å². The summed E-state index contributed by atoms with van der Waals surface area (Å²) < 4.78 is 0. The second-order valence-corrected chi connectivity index (χ2v) is 5.69. The van der Waals surface area contributed by atoms with Crippen molar-refractivity contribution in [2.75, 3.05) is 6.54 Å². The molecule has 1 fully saturated rings. The molecule has 3 rings (SSSR count). The average Bonchev–Trinajstić information content (AvgIpc) is 2.93. The van der Waals surface area contributed by atoms with Gasteiger partial charge in [-0.05, 0) is 44.0 Å². The maximum atomic E-state index is 12.6. The SMILES string of the molecule is CC1CC(C(=O)O)CCN1C(=O)c1ccc2[nH]ccc2c1. The van der Waals surface area contributed by atoms with E-state index in [4.69, 9.17) is 5.11 Å². The molecule has 0 radical (unpaired) electrons. The zero-order chi connectivity index (χ0) is 15.0. The number of piperidine rings is 1. The number of carboxylic acids is 1. The third-order valence-electron chi connectivity index (χ3n) is 4.29. The van der Waals surface area contributed by atoms with Crippen molar-refractivity contribution in [1.82, 2.24) is 9.88 Å². The summed E-state index contributed by atoms with van der Waals surface area (Å²) in [7, 11) is 0. The first-order valence-electron chi connectivity index (χ1n) is 7.17. The van der Waals surface area contributed by atoms with Crippen LogP contribution in [0.15, 0.2) is 30.5 Å². The van der Waals surface area contributed by atoms with Crippen LogP contribution in [0.3, 0.4) is 0 Å². The van der Waals surface area contributed by atoms with Gasteiger partial charge in [0.15, 0.2) is 0 Å². The second-order valence-electron chi connectivity index (χ2n) is 5.69. The van der Waals surface area contributed by atoms with Gasteiger partial charge in [-0.25, -0.2) is 0 Å². The van der Waals surface area contributed by atoms with Gasteiger partial charge in [-0.2, -0.15) is 0 Å². The maximum Gasteiger partial charge on any atom is 0.306 e. The number of likely N-dealkylation sites (tertiary alicyclic amines) is 1. The van der Waals surface area contributed by atoms with Crippen LogP contribution in [0.5, 0.6) is 0 Å². The Bertz CT molecular complexity index is 692. The monoisotopic (exact) mass is 286 g/mol. The molecular formula is C16H18N2O3. The number of H-pyrrole nitrogens is 1. The van der Waals surface area contributed by atoms with Crippen LogP contribution in [0.1, 0.15) is 30.1 Å². The van der Waals surface area contributed by atoms with Crippen molar-refractivity contribution >= 4 is 22.8 Å². The largest absolute Gasteiger partial charge is 0.481 e. The number of aliphatic carboxylic acids is 1. The molecule has 0 bridgehead atoms. The van der Waals surface area contributed by atoms with Crippen LogP contribution in [-0.4, -0.2) is 39.5 Å². The van der Waals surface area contributed by atoms with Gasteiger partial charge in [0.2, 0.25) is 0 Å². The fourth-order valence-corrected chi connectivity index (χ4v) is 3.05. The number of aromatic nitrogens is 1. The summed E-state index contributed by atoms with van der Waals surface area (Å²) in [5, 5.41) is 10.1. The molecule has 1 aromatic carbocycles. The molecule has 1 aliphatic heterocycles. The number of carbonyl (C=O) groups excluding carboxylic acids is 1. The summed E-state index contributed by atoms with van der Waals surface area (Å²) in [5.41, 5.74) is 1.66. The van der Waals surface area contributed by atoms with Gasteiger partial charge in [0, 0.05) is 35.2 Å². The molecule has 5 heteroatoms. The minimum absolute atomic E-state index is 0.0190. The lowest BCUT2D eigenvalue weighted by Crippen LogP contribution is -2.46. The molecule has 1 aliphatic rings. The molecule has 21 heavy (non-hydrogen) atoms. The van der Waals surface area contributed by atoms with E-state index < -0.39 is 5.97 Å². The molecule has 2 unspecified atom stereocenters. The fraction of sp³-hybridized carbons (Fsp3) is 0.375. The summed E-state index contributed by atoms with van der Waals surface area (Å²) in [5.74, 6) is -1.12. The van der Waals surface area contributed by atoms with Gasteiger partial charge in [0.1, 0.15) is 0 Å². The summed E-state index contributed by atoms with van der Waals surface area (Å²) in [6.45, 7) is 2.42. The van der Waals surface area contributed by atoms with Gasteiger partial charge in [-0.3, -0.25) is 9.59 Å². The number of aromatic amines is 1. The molecule has 1 amide bonds. The highest BCUT2D eigenvalue weighted by molar-refractivity contribution is 5.98. The van der Waals surface area contributed by atoms with E-state index in [1.165, 1.54) is 0 Å². The highest BCUT2D eigenvalue weighted by atomic mass is 16.4. The second kappa shape index (κ2) is 5.24. The lowest BCUT2D eigenvalue weighted by Gasteiger charge is -2.36. The highest BCUT2D eigenvalue weighted by Gasteiger charge is 2.32. The number of carbonyl (C=O) groups is 2. The Morgan fingerprint density at radius 2 is 2.14 bits per heavy atom. The van der Waals surface area contributed by atoms with Crippen molar-refractivity contribution < 1.29 is 14.7 Å². The molecule has 2 aromatic rings. The smallest absolute Gasteiger partial charge is 0.306 e. The standard InChI is InChI=1S/C16H18N2O3/c1-10-8-13(16(20)21)5-7-18(10)15(19)12-2-3-14-11(9-12)4-6-17-14/h2-4,6,9-10,13,17H,5,7-8H2,1H3,(H,20,21). The molecule has 2 N–H and O–H groups in total. The number of nitrogens with one attached hydrogen (secondary N) is 1. The topological polar surface area (TPSA) is 73.4 Å². The summed E-state index contributed by atoms with van der Waals surface area (Å²) in [6, 6.07) is 7.49. The van der Waals surface area contributed by atoms with E-state index in [0.717, 1.165) is 10.9 Å².